The van der Waals surface area contributed by atoms with Crippen LogP contribution in [0.3, 0.4) is 0 Å². The number of rotatable bonds is 7. The molecule has 0 bridgehead atoms. The largest absolute Gasteiger partial charge is 0.382 e. The minimum atomic E-state index is -2.95. The second kappa shape index (κ2) is 11.8. The van der Waals surface area contributed by atoms with Crippen molar-refractivity contribution in [3.05, 3.63) is 106 Å². The van der Waals surface area contributed by atoms with Crippen molar-refractivity contribution in [2.24, 2.45) is 0 Å². The average molecular weight is 561 g/mol. The Kier molecular flexibility index (Phi) is 7.82. The van der Waals surface area contributed by atoms with Crippen molar-refractivity contribution in [3.8, 4) is 17.5 Å². The molecule has 0 atom stereocenters. The van der Waals surface area contributed by atoms with E-state index >= 15 is 0 Å². The zero-order valence-electron chi connectivity index (χ0n) is 21.2. The SMILES string of the molecule is Nc1ncnc(NCCCc2nc3cccc(C(F)F)c3c(=O)n2-c2cc(F)cc(F)c2)c1C#Cc1cnccn1. The number of nitrogen functional groups attached to an aromatic ring is 1. The summed E-state index contributed by atoms with van der Waals surface area (Å²) >= 11 is 0. The molecule has 5 rings (SSSR count). The first-order valence-electron chi connectivity index (χ1n) is 12.2. The molecule has 0 fully saturated rings. The molecule has 3 heterocycles. The van der Waals surface area contributed by atoms with Gasteiger partial charge in [-0.3, -0.25) is 14.3 Å². The van der Waals surface area contributed by atoms with Crippen molar-refractivity contribution in [2.45, 2.75) is 19.3 Å². The molecule has 0 saturated carbocycles. The van der Waals surface area contributed by atoms with E-state index in [4.69, 9.17) is 5.73 Å². The summed E-state index contributed by atoms with van der Waals surface area (Å²) in [6, 6.07) is 6.46. The van der Waals surface area contributed by atoms with E-state index in [1.165, 1.54) is 37.1 Å². The van der Waals surface area contributed by atoms with Crippen molar-refractivity contribution in [1.29, 1.82) is 0 Å². The summed E-state index contributed by atoms with van der Waals surface area (Å²) in [6.45, 7) is 0.290. The van der Waals surface area contributed by atoms with E-state index in [-0.39, 0.29) is 34.7 Å². The zero-order valence-corrected chi connectivity index (χ0v) is 21.2. The third kappa shape index (κ3) is 5.96. The Morgan fingerprint density at radius 3 is 2.56 bits per heavy atom. The zero-order chi connectivity index (χ0) is 28.9. The second-order valence-corrected chi connectivity index (χ2v) is 8.69. The molecule has 0 amide bonds. The molecule has 0 aliphatic rings. The van der Waals surface area contributed by atoms with Gasteiger partial charge in [-0.1, -0.05) is 18.1 Å². The molecule has 2 aromatic carbocycles. The number of hydrogen-bond donors (Lipinski definition) is 2. The number of benzene rings is 2. The molecule has 3 aromatic heterocycles. The lowest BCUT2D eigenvalue weighted by molar-refractivity contribution is 0.153. The predicted octanol–water partition coefficient (Wildman–Crippen LogP) is 4.21. The van der Waals surface area contributed by atoms with Crippen LogP contribution in [0.5, 0.6) is 0 Å². The van der Waals surface area contributed by atoms with Crippen molar-refractivity contribution < 1.29 is 17.6 Å². The highest BCUT2D eigenvalue weighted by Gasteiger charge is 2.20. The van der Waals surface area contributed by atoms with Crippen LogP contribution < -0.4 is 16.6 Å². The molecule has 0 aliphatic heterocycles. The van der Waals surface area contributed by atoms with Gasteiger partial charge in [-0.15, -0.1) is 0 Å². The first kappa shape index (κ1) is 27.2. The summed E-state index contributed by atoms with van der Waals surface area (Å²) in [5.41, 5.74) is 5.27. The summed E-state index contributed by atoms with van der Waals surface area (Å²) in [4.78, 5) is 34.1. The van der Waals surface area contributed by atoms with Crippen LogP contribution in [0.2, 0.25) is 0 Å². The third-order valence-corrected chi connectivity index (χ3v) is 5.96. The Morgan fingerprint density at radius 2 is 1.83 bits per heavy atom. The number of halogens is 4. The minimum absolute atomic E-state index is 0.0500. The highest BCUT2D eigenvalue weighted by Crippen LogP contribution is 2.26. The van der Waals surface area contributed by atoms with Crippen LogP contribution in [0.25, 0.3) is 16.6 Å². The van der Waals surface area contributed by atoms with E-state index in [1.807, 2.05) is 0 Å². The van der Waals surface area contributed by atoms with Crippen molar-refractivity contribution in [3.63, 3.8) is 0 Å². The van der Waals surface area contributed by atoms with Gasteiger partial charge < -0.3 is 11.1 Å². The van der Waals surface area contributed by atoms with Gasteiger partial charge in [0, 0.05) is 37.0 Å². The summed E-state index contributed by atoms with van der Waals surface area (Å²) in [5, 5.41) is 2.79. The van der Waals surface area contributed by atoms with Crippen LogP contribution in [0, 0.1) is 23.5 Å². The maximum atomic E-state index is 14.1. The topological polar surface area (TPSA) is 124 Å². The Hall–Kier alpha value is -5.38. The molecule has 206 valence electrons. The Bertz CT molecular complexity index is 1830. The van der Waals surface area contributed by atoms with Gasteiger partial charge in [-0.05, 0) is 30.5 Å². The van der Waals surface area contributed by atoms with Gasteiger partial charge in [0.15, 0.2) is 0 Å². The fourth-order valence-electron chi connectivity index (χ4n) is 4.19. The van der Waals surface area contributed by atoms with Gasteiger partial charge in [0.25, 0.3) is 12.0 Å². The average Bonchev–Trinajstić information content (AvgIpc) is 2.94. The van der Waals surface area contributed by atoms with Crippen LogP contribution in [0.1, 0.15) is 35.5 Å². The van der Waals surface area contributed by atoms with Crippen molar-refractivity contribution in [1.82, 2.24) is 29.5 Å². The lowest BCUT2D eigenvalue weighted by Gasteiger charge is -2.16. The molecule has 0 aliphatic carbocycles. The number of fused-ring (bicyclic) bond motifs is 1. The van der Waals surface area contributed by atoms with Gasteiger partial charge in [0.05, 0.1) is 22.8 Å². The monoisotopic (exact) mass is 560 g/mol. The van der Waals surface area contributed by atoms with Crippen LogP contribution in [0.4, 0.5) is 29.2 Å². The normalized spacial score (nSPS) is 11.0. The maximum Gasteiger partial charge on any atom is 0.266 e. The second-order valence-electron chi connectivity index (χ2n) is 8.69. The number of alkyl halides is 2. The molecule has 3 N–H and O–H groups in total. The first-order chi connectivity index (χ1) is 19.8. The summed E-state index contributed by atoms with van der Waals surface area (Å²) in [6.07, 6.45) is 3.32. The molecule has 0 saturated heterocycles. The van der Waals surface area contributed by atoms with Gasteiger partial charge in [-0.25, -0.2) is 37.5 Å². The van der Waals surface area contributed by atoms with Crippen molar-refractivity contribution >= 4 is 22.5 Å². The summed E-state index contributed by atoms with van der Waals surface area (Å²) in [7, 11) is 0. The van der Waals surface area contributed by atoms with Crippen LogP contribution >= 0.6 is 0 Å². The molecule has 13 heteroatoms. The Labute approximate surface area is 230 Å². The van der Waals surface area contributed by atoms with Gasteiger partial charge >= 0.3 is 0 Å². The minimum Gasteiger partial charge on any atom is -0.382 e. The van der Waals surface area contributed by atoms with Crippen LogP contribution in [0.15, 0.2) is 66.1 Å². The van der Waals surface area contributed by atoms with E-state index in [0.29, 0.717) is 36.1 Å². The highest BCUT2D eigenvalue weighted by atomic mass is 19.3. The van der Waals surface area contributed by atoms with Crippen LogP contribution in [-0.4, -0.2) is 36.0 Å². The summed E-state index contributed by atoms with van der Waals surface area (Å²) < 4.78 is 56.6. The molecule has 9 nitrogen and oxygen atoms in total. The van der Waals surface area contributed by atoms with Gasteiger partial charge in [0.2, 0.25) is 0 Å². The Morgan fingerprint density at radius 1 is 1.02 bits per heavy atom. The number of hydrogen-bond acceptors (Lipinski definition) is 8. The number of nitrogens with two attached hydrogens (primary N) is 1. The number of anilines is 2. The Balaban J connectivity index is 1.45. The standard InChI is InChI=1S/C28H20F4N8O/c29-16-11-17(30)13-19(12-16)40-23(39-22-4-1-3-20(25(31)32)24(22)28(40)41)5-2-8-36-27-21(26(33)37-15-38-27)7-6-18-14-34-9-10-35-18/h1,3-4,9-15,25H,2,5,8H2,(H3,33,36,37,38). The van der Waals surface area contributed by atoms with Gasteiger partial charge in [0.1, 0.15) is 46.7 Å². The summed E-state index contributed by atoms with van der Waals surface area (Å²) in [5.74, 6) is 4.49. The third-order valence-electron chi connectivity index (χ3n) is 5.96. The number of aryl methyl sites for hydroxylation is 1. The molecule has 0 unspecified atom stereocenters. The smallest absolute Gasteiger partial charge is 0.266 e. The van der Waals surface area contributed by atoms with Crippen LogP contribution in [-0.2, 0) is 6.42 Å². The van der Waals surface area contributed by atoms with Gasteiger partial charge in [-0.2, -0.15) is 0 Å². The highest BCUT2D eigenvalue weighted by molar-refractivity contribution is 5.82. The first-order valence-corrected chi connectivity index (χ1v) is 12.2. The van der Waals surface area contributed by atoms with E-state index in [0.717, 1.165) is 22.8 Å². The van der Waals surface area contributed by atoms with E-state index in [1.54, 1.807) is 0 Å². The molecule has 0 spiro atoms. The fraction of sp³-hybridized carbons (Fsp3) is 0.143. The maximum absolute atomic E-state index is 14.1. The lowest BCUT2D eigenvalue weighted by Crippen LogP contribution is -2.25. The van der Waals surface area contributed by atoms with E-state index in [9.17, 15) is 22.4 Å². The number of aromatic nitrogens is 6. The molecular weight excluding hydrogens is 540 g/mol. The number of nitrogens with one attached hydrogen (secondary N) is 1. The van der Waals surface area contributed by atoms with E-state index in [2.05, 4.69) is 42.1 Å². The molecular formula is C28H20F4N8O. The van der Waals surface area contributed by atoms with E-state index < -0.39 is 29.2 Å². The molecule has 0 radical (unpaired) electrons. The lowest BCUT2D eigenvalue weighted by atomic mass is 10.1. The van der Waals surface area contributed by atoms with Crippen molar-refractivity contribution in [2.75, 3.05) is 17.6 Å². The predicted molar refractivity (Wildman–Crippen MR) is 143 cm³/mol. The molecule has 5 aromatic rings. The molecule has 41 heavy (non-hydrogen) atoms. The fourth-order valence-corrected chi connectivity index (χ4v) is 4.19. The number of nitrogens with zero attached hydrogens (tertiary/aromatic N) is 6. The quantitative estimate of drug-likeness (QED) is 0.172.